The number of carbonyl (C=O) groups excluding carboxylic acids is 1. The molecule has 2 aromatic carbocycles. The Bertz CT molecular complexity index is 941. The van der Waals surface area contributed by atoms with Crippen LogP contribution in [-0.2, 0) is 0 Å². The minimum Gasteiger partial charge on any atom is -0.506 e. The van der Waals surface area contributed by atoms with E-state index in [1.807, 2.05) is 6.92 Å². The summed E-state index contributed by atoms with van der Waals surface area (Å²) in [4.78, 5) is 12.4. The van der Waals surface area contributed by atoms with Crippen molar-refractivity contribution in [2.75, 3.05) is 17.2 Å². The molecule has 1 heterocycles. The van der Waals surface area contributed by atoms with Crippen LogP contribution in [0.3, 0.4) is 0 Å². The largest absolute Gasteiger partial charge is 0.506 e. The summed E-state index contributed by atoms with van der Waals surface area (Å²) >= 11 is 13.5. The van der Waals surface area contributed by atoms with Gasteiger partial charge in [0.25, 0.3) is 5.91 Å². The molecule has 0 unspecified atom stereocenters. The molecule has 0 radical (unpaired) electrons. The molecule has 3 rings (SSSR count). The number of hydrogen-bond donors (Lipinski definition) is 3. The molecule has 0 atom stereocenters. The third-order valence-corrected chi connectivity index (χ3v) is 4.93. The normalized spacial score (nSPS) is 10.6. The summed E-state index contributed by atoms with van der Waals surface area (Å²) in [5.74, 6) is -0.285. The van der Waals surface area contributed by atoms with Gasteiger partial charge in [-0.25, -0.2) is 0 Å². The zero-order chi connectivity index (χ0) is 18.7. The van der Waals surface area contributed by atoms with Crippen LogP contribution in [0.5, 0.6) is 5.75 Å². The van der Waals surface area contributed by atoms with Gasteiger partial charge in [0.1, 0.15) is 5.75 Å². The van der Waals surface area contributed by atoms with Crippen molar-refractivity contribution in [2.24, 2.45) is 0 Å². The number of carbonyl (C=O) groups is 1. The Labute approximate surface area is 163 Å². The quantitative estimate of drug-likeness (QED) is 0.522. The fraction of sp³-hybridized carbons (Fsp3) is 0.118. The van der Waals surface area contributed by atoms with E-state index in [1.165, 1.54) is 23.5 Å². The maximum Gasteiger partial charge on any atom is 0.257 e. The Morgan fingerprint density at radius 2 is 1.92 bits per heavy atom. The number of aromatic nitrogens is 2. The van der Waals surface area contributed by atoms with E-state index in [2.05, 4.69) is 20.8 Å². The standard InChI is InChI=1S/C17H14Cl2N4O2S/c1-2-20-12-8-9(6-7-13(12)24)15(25)21-17-23-22-16(26-17)14-10(18)4-3-5-11(14)19/h3-8,20,24H,2H2,1H3,(H,21,23,25). The highest BCUT2D eigenvalue weighted by Crippen LogP contribution is 2.37. The fourth-order valence-corrected chi connectivity index (χ4v) is 3.76. The molecule has 3 N–H and O–H groups in total. The van der Waals surface area contributed by atoms with Crippen molar-refractivity contribution < 1.29 is 9.90 Å². The third-order valence-electron chi connectivity index (χ3n) is 3.45. The molecular weight excluding hydrogens is 395 g/mol. The molecular formula is C17H14Cl2N4O2S. The number of halogens is 2. The molecule has 0 saturated heterocycles. The lowest BCUT2D eigenvalue weighted by Crippen LogP contribution is -2.12. The number of rotatable bonds is 5. The average Bonchev–Trinajstić information content (AvgIpc) is 3.05. The van der Waals surface area contributed by atoms with Crippen molar-refractivity contribution in [1.29, 1.82) is 0 Å². The number of phenols is 1. The molecule has 9 heteroatoms. The van der Waals surface area contributed by atoms with Gasteiger partial charge >= 0.3 is 0 Å². The van der Waals surface area contributed by atoms with E-state index in [9.17, 15) is 9.90 Å². The molecule has 0 aliphatic carbocycles. The van der Waals surface area contributed by atoms with Crippen LogP contribution < -0.4 is 10.6 Å². The van der Waals surface area contributed by atoms with Crippen LogP contribution >= 0.6 is 34.5 Å². The first-order valence-electron chi connectivity index (χ1n) is 7.65. The van der Waals surface area contributed by atoms with Crippen molar-refractivity contribution in [3.63, 3.8) is 0 Å². The molecule has 0 fully saturated rings. The highest BCUT2D eigenvalue weighted by Gasteiger charge is 2.16. The maximum atomic E-state index is 12.4. The summed E-state index contributed by atoms with van der Waals surface area (Å²) in [5, 5.41) is 25.2. The molecule has 0 spiro atoms. The minimum atomic E-state index is -0.364. The minimum absolute atomic E-state index is 0.0787. The summed E-state index contributed by atoms with van der Waals surface area (Å²) in [5.41, 5.74) is 1.44. The van der Waals surface area contributed by atoms with Crippen LogP contribution in [0.25, 0.3) is 10.6 Å². The first-order valence-corrected chi connectivity index (χ1v) is 9.23. The van der Waals surface area contributed by atoms with Crippen molar-refractivity contribution in [1.82, 2.24) is 10.2 Å². The first kappa shape index (κ1) is 18.4. The lowest BCUT2D eigenvalue weighted by Gasteiger charge is -2.08. The highest BCUT2D eigenvalue weighted by molar-refractivity contribution is 7.18. The molecule has 26 heavy (non-hydrogen) atoms. The summed E-state index contributed by atoms with van der Waals surface area (Å²) in [6.07, 6.45) is 0. The molecule has 0 aliphatic rings. The van der Waals surface area contributed by atoms with Crippen molar-refractivity contribution in [3.8, 4) is 16.3 Å². The Hall–Kier alpha value is -2.35. The van der Waals surface area contributed by atoms with Gasteiger partial charge in [0, 0.05) is 17.7 Å². The Balaban J connectivity index is 1.81. The molecule has 6 nitrogen and oxygen atoms in total. The van der Waals surface area contributed by atoms with E-state index in [0.29, 0.717) is 43.5 Å². The fourth-order valence-electron chi connectivity index (χ4n) is 2.26. The van der Waals surface area contributed by atoms with Gasteiger partial charge in [0.2, 0.25) is 5.13 Å². The van der Waals surface area contributed by atoms with Gasteiger partial charge in [-0.15, -0.1) is 10.2 Å². The number of nitrogens with zero attached hydrogens (tertiary/aromatic N) is 2. The van der Waals surface area contributed by atoms with E-state index in [4.69, 9.17) is 23.2 Å². The number of amides is 1. The van der Waals surface area contributed by atoms with E-state index < -0.39 is 0 Å². The van der Waals surface area contributed by atoms with Crippen LogP contribution in [0.1, 0.15) is 17.3 Å². The molecule has 3 aromatic rings. The van der Waals surface area contributed by atoms with Gasteiger partial charge in [-0.1, -0.05) is 40.6 Å². The molecule has 1 amide bonds. The number of phenolic OH excluding ortho intramolecular Hbond substituents is 1. The van der Waals surface area contributed by atoms with Crippen molar-refractivity contribution in [3.05, 3.63) is 52.0 Å². The zero-order valence-corrected chi connectivity index (χ0v) is 15.9. The second kappa shape index (κ2) is 7.90. The van der Waals surface area contributed by atoms with Gasteiger partial charge in [-0.2, -0.15) is 0 Å². The smallest absolute Gasteiger partial charge is 0.257 e. The van der Waals surface area contributed by atoms with Gasteiger partial charge in [0.05, 0.1) is 15.7 Å². The van der Waals surface area contributed by atoms with Crippen molar-refractivity contribution >= 4 is 51.3 Å². The summed E-state index contributed by atoms with van der Waals surface area (Å²) in [6.45, 7) is 2.52. The summed E-state index contributed by atoms with van der Waals surface area (Å²) < 4.78 is 0. The summed E-state index contributed by atoms with van der Waals surface area (Å²) in [7, 11) is 0. The van der Waals surface area contributed by atoms with Gasteiger partial charge in [-0.3, -0.25) is 10.1 Å². The molecule has 1 aromatic heterocycles. The number of nitrogens with one attached hydrogen (secondary N) is 2. The second-order valence-electron chi connectivity index (χ2n) is 5.23. The number of hydrogen-bond acceptors (Lipinski definition) is 6. The van der Waals surface area contributed by atoms with Crippen molar-refractivity contribution in [2.45, 2.75) is 6.92 Å². The molecule has 0 bridgehead atoms. The monoisotopic (exact) mass is 408 g/mol. The Morgan fingerprint density at radius 1 is 1.19 bits per heavy atom. The van der Waals surface area contributed by atoms with Gasteiger partial charge in [0.15, 0.2) is 5.01 Å². The number of aromatic hydroxyl groups is 1. The predicted molar refractivity (Wildman–Crippen MR) is 106 cm³/mol. The van der Waals surface area contributed by atoms with E-state index >= 15 is 0 Å². The van der Waals surface area contributed by atoms with Crippen LogP contribution in [-0.4, -0.2) is 27.8 Å². The predicted octanol–water partition coefficient (Wildman–Crippen LogP) is 4.90. The van der Waals surface area contributed by atoms with Gasteiger partial charge in [-0.05, 0) is 37.3 Å². The zero-order valence-electron chi connectivity index (χ0n) is 13.6. The molecule has 0 saturated carbocycles. The van der Waals surface area contributed by atoms with Gasteiger partial charge < -0.3 is 10.4 Å². The summed E-state index contributed by atoms with van der Waals surface area (Å²) in [6, 6.07) is 9.72. The maximum absolute atomic E-state index is 12.4. The molecule has 0 aliphatic heterocycles. The highest BCUT2D eigenvalue weighted by atomic mass is 35.5. The Morgan fingerprint density at radius 3 is 2.62 bits per heavy atom. The van der Waals surface area contributed by atoms with Crippen LogP contribution in [0.4, 0.5) is 10.8 Å². The molecule has 134 valence electrons. The van der Waals surface area contributed by atoms with Crippen LogP contribution in [0.2, 0.25) is 10.0 Å². The topological polar surface area (TPSA) is 87.1 Å². The third kappa shape index (κ3) is 3.90. The first-order chi connectivity index (χ1) is 12.5. The lowest BCUT2D eigenvalue weighted by molar-refractivity contribution is 0.102. The SMILES string of the molecule is CCNc1cc(C(=O)Nc2nnc(-c3c(Cl)cccc3Cl)s2)ccc1O. The van der Waals surface area contributed by atoms with Crippen LogP contribution in [0.15, 0.2) is 36.4 Å². The van der Waals surface area contributed by atoms with E-state index in [0.717, 1.165) is 0 Å². The number of benzene rings is 2. The second-order valence-corrected chi connectivity index (χ2v) is 7.02. The van der Waals surface area contributed by atoms with Crippen LogP contribution in [0, 0.1) is 0 Å². The lowest BCUT2D eigenvalue weighted by atomic mass is 10.1. The average molecular weight is 409 g/mol. The Kier molecular flexibility index (Phi) is 5.61. The van der Waals surface area contributed by atoms with E-state index in [1.54, 1.807) is 24.3 Å². The number of anilines is 2. The van der Waals surface area contributed by atoms with E-state index in [-0.39, 0.29) is 11.7 Å².